The molecule has 1 aliphatic heterocycles. The van der Waals surface area contributed by atoms with Crippen LogP contribution in [0.2, 0.25) is 0 Å². The second-order valence-electron chi connectivity index (χ2n) is 6.84. The van der Waals surface area contributed by atoms with Crippen LogP contribution in [-0.2, 0) is 11.2 Å². The van der Waals surface area contributed by atoms with E-state index >= 15 is 0 Å². The van der Waals surface area contributed by atoms with Crippen LogP contribution in [0.15, 0.2) is 59.8 Å². The van der Waals surface area contributed by atoms with E-state index in [9.17, 15) is 4.39 Å². The third-order valence-corrected chi connectivity index (χ3v) is 4.58. The Balaban J connectivity index is 1.46. The van der Waals surface area contributed by atoms with Crippen LogP contribution < -0.4 is 15.1 Å². The summed E-state index contributed by atoms with van der Waals surface area (Å²) in [7, 11) is 0. The van der Waals surface area contributed by atoms with E-state index in [-0.39, 0.29) is 11.8 Å². The number of halogens is 1. The lowest BCUT2D eigenvalue weighted by Crippen LogP contribution is -2.36. The maximum absolute atomic E-state index is 13.3. The zero-order valence-corrected chi connectivity index (χ0v) is 16.9. The largest absolute Gasteiger partial charge is 0.463 e. The number of ether oxygens (including phenoxy) is 2. The number of morpholine rings is 1. The molecule has 0 bridgehead atoms. The zero-order chi connectivity index (χ0) is 21.3. The number of hydrogen-bond acceptors (Lipinski definition) is 8. The smallest absolute Gasteiger partial charge is 0.320 e. The van der Waals surface area contributed by atoms with Gasteiger partial charge in [0.2, 0.25) is 0 Å². The third-order valence-electron chi connectivity index (χ3n) is 4.58. The molecular weight excluding hydrogens is 399 g/mol. The van der Waals surface area contributed by atoms with E-state index in [1.807, 2.05) is 18.2 Å². The third kappa shape index (κ3) is 6.19. The Labute approximate surface area is 179 Å². The van der Waals surface area contributed by atoms with Crippen molar-refractivity contribution >= 4 is 17.9 Å². The van der Waals surface area contributed by atoms with Crippen molar-refractivity contribution in [1.29, 1.82) is 0 Å². The summed E-state index contributed by atoms with van der Waals surface area (Å²) in [6.07, 6.45) is 3.93. The Morgan fingerprint density at radius 1 is 1.13 bits per heavy atom. The maximum Gasteiger partial charge on any atom is 0.320 e. The number of anilines is 2. The number of nitrogens with one attached hydrogen (secondary N) is 1. The van der Waals surface area contributed by atoms with Crippen molar-refractivity contribution in [2.45, 2.75) is 6.42 Å². The average molecular weight is 422 g/mol. The molecule has 0 radical (unpaired) electrons. The summed E-state index contributed by atoms with van der Waals surface area (Å²) in [4.78, 5) is 15.3. The lowest BCUT2D eigenvalue weighted by Gasteiger charge is -2.28. The van der Waals surface area contributed by atoms with Gasteiger partial charge in [0.25, 0.3) is 0 Å². The summed E-state index contributed by atoms with van der Waals surface area (Å²) in [5.74, 6) is 0.899. The minimum atomic E-state index is -0.316. The predicted octanol–water partition coefficient (Wildman–Crippen LogP) is 2.91. The number of nitrogens with zero attached hydrogens (tertiary/aromatic N) is 5. The molecule has 3 heterocycles. The molecule has 8 nitrogen and oxygen atoms in total. The highest BCUT2D eigenvalue weighted by Crippen LogP contribution is 2.20. The fourth-order valence-electron chi connectivity index (χ4n) is 3.04. The van der Waals surface area contributed by atoms with Gasteiger partial charge < -0.3 is 14.4 Å². The molecule has 2 aromatic heterocycles. The van der Waals surface area contributed by atoms with E-state index in [0.29, 0.717) is 37.6 Å². The molecule has 0 spiro atoms. The Bertz CT molecular complexity index is 1010. The number of pyridine rings is 1. The predicted molar refractivity (Wildman–Crippen MR) is 116 cm³/mol. The van der Waals surface area contributed by atoms with Crippen molar-refractivity contribution in [2.24, 2.45) is 5.10 Å². The summed E-state index contributed by atoms with van der Waals surface area (Å²) >= 11 is 0. The molecule has 1 aliphatic rings. The minimum Gasteiger partial charge on any atom is -0.463 e. The topological polar surface area (TPSA) is 84.8 Å². The highest BCUT2D eigenvalue weighted by Gasteiger charge is 2.15. The number of benzene rings is 1. The van der Waals surface area contributed by atoms with E-state index in [2.05, 4.69) is 30.4 Å². The monoisotopic (exact) mass is 422 g/mol. The summed E-state index contributed by atoms with van der Waals surface area (Å²) in [6, 6.07) is 14.0. The number of hydrogen-bond donors (Lipinski definition) is 1. The van der Waals surface area contributed by atoms with Crippen molar-refractivity contribution in [2.75, 3.05) is 43.2 Å². The van der Waals surface area contributed by atoms with Crippen LogP contribution >= 0.6 is 0 Å². The molecule has 0 atom stereocenters. The van der Waals surface area contributed by atoms with Gasteiger partial charge in [0, 0.05) is 37.5 Å². The molecule has 0 saturated carbocycles. The summed E-state index contributed by atoms with van der Waals surface area (Å²) in [6.45, 7) is 3.14. The van der Waals surface area contributed by atoms with Gasteiger partial charge >= 0.3 is 6.01 Å². The van der Waals surface area contributed by atoms with Gasteiger partial charge in [-0.1, -0.05) is 18.2 Å². The van der Waals surface area contributed by atoms with Crippen molar-refractivity contribution in [3.8, 4) is 6.01 Å². The van der Waals surface area contributed by atoms with Crippen LogP contribution in [0.3, 0.4) is 0 Å². The standard InChI is InChI=1S/C22H23FN6O2/c23-18-5-3-4-17(14-18)16-25-28-20-15-21(29-9-12-30-13-10-29)27-22(26-20)31-11-7-19-6-1-2-8-24-19/h1-6,8,14-16H,7,9-13H2,(H,26,27,28)/b25-16+. The summed E-state index contributed by atoms with van der Waals surface area (Å²) in [5, 5.41) is 4.17. The van der Waals surface area contributed by atoms with Gasteiger partial charge in [-0.25, -0.2) is 4.39 Å². The van der Waals surface area contributed by atoms with Gasteiger partial charge in [0.1, 0.15) is 11.6 Å². The Morgan fingerprint density at radius 2 is 2.03 bits per heavy atom. The SMILES string of the molecule is Fc1cccc(/C=N/Nc2cc(N3CCOCC3)nc(OCCc3ccccn3)n2)c1. The van der Waals surface area contributed by atoms with E-state index < -0.39 is 0 Å². The first-order valence-corrected chi connectivity index (χ1v) is 10.1. The Hall–Kier alpha value is -3.59. The minimum absolute atomic E-state index is 0.253. The van der Waals surface area contributed by atoms with Gasteiger partial charge in [-0.2, -0.15) is 15.1 Å². The van der Waals surface area contributed by atoms with Gasteiger partial charge in [0.05, 0.1) is 26.0 Å². The molecule has 1 saturated heterocycles. The molecule has 1 aromatic carbocycles. The van der Waals surface area contributed by atoms with Gasteiger partial charge in [-0.3, -0.25) is 10.4 Å². The molecule has 0 aliphatic carbocycles. The Kier molecular flexibility index (Phi) is 6.96. The van der Waals surface area contributed by atoms with Crippen molar-refractivity contribution < 1.29 is 13.9 Å². The van der Waals surface area contributed by atoms with Crippen molar-refractivity contribution in [1.82, 2.24) is 15.0 Å². The van der Waals surface area contributed by atoms with Gasteiger partial charge in [0.15, 0.2) is 5.82 Å². The van der Waals surface area contributed by atoms with E-state index in [1.54, 1.807) is 24.4 Å². The fraction of sp³-hybridized carbons (Fsp3) is 0.273. The molecule has 0 unspecified atom stereocenters. The van der Waals surface area contributed by atoms with Gasteiger partial charge in [-0.05, 0) is 29.8 Å². The first-order valence-electron chi connectivity index (χ1n) is 10.1. The molecule has 160 valence electrons. The second-order valence-corrected chi connectivity index (χ2v) is 6.84. The van der Waals surface area contributed by atoms with E-state index in [4.69, 9.17) is 9.47 Å². The highest BCUT2D eigenvalue weighted by atomic mass is 19.1. The lowest BCUT2D eigenvalue weighted by molar-refractivity contribution is 0.122. The van der Waals surface area contributed by atoms with Crippen LogP contribution in [-0.4, -0.2) is 54.1 Å². The normalized spacial score (nSPS) is 14.0. The average Bonchev–Trinajstić information content (AvgIpc) is 2.80. The van der Waals surface area contributed by atoms with Crippen LogP contribution in [0.1, 0.15) is 11.3 Å². The molecule has 9 heteroatoms. The summed E-state index contributed by atoms with van der Waals surface area (Å²) < 4.78 is 24.6. The fourth-order valence-corrected chi connectivity index (χ4v) is 3.04. The first kappa shape index (κ1) is 20.7. The Morgan fingerprint density at radius 3 is 2.84 bits per heavy atom. The zero-order valence-electron chi connectivity index (χ0n) is 16.9. The molecule has 31 heavy (non-hydrogen) atoms. The molecule has 1 fully saturated rings. The molecule has 1 N–H and O–H groups in total. The van der Waals surface area contributed by atoms with Crippen molar-refractivity contribution in [3.05, 3.63) is 71.8 Å². The molecule has 0 amide bonds. The first-order chi connectivity index (χ1) is 15.3. The second kappa shape index (κ2) is 10.4. The van der Waals surface area contributed by atoms with Crippen LogP contribution in [0.5, 0.6) is 6.01 Å². The van der Waals surface area contributed by atoms with Crippen LogP contribution in [0, 0.1) is 5.82 Å². The molecule has 4 rings (SSSR count). The van der Waals surface area contributed by atoms with Gasteiger partial charge in [-0.15, -0.1) is 0 Å². The molecule has 3 aromatic rings. The number of hydrazone groups is 1. The highest BCUT2D eigenvalue weighted by molar-refractivity contribution is 5.80. The lowest BCUT2D eigenvalue weighted by atomic mass is 10.2. The quantitative estimate of drug-likeness (QED) is 0.441. The van der Waals surface area contributed by atoms with Crippen LogP contribution in [0.4, 0.5) is 16.0 Å². The van der Waals surface area contributed by atoms with E-state index in [0.717, 1.165) is 24.6 Å². The van der Waals surface area contributed by atoms with Crippen LogP contribution in [0.25, 0.3) is 0 Å². The number of rotatable bonds is 8. The number of aromatic nitrogens is 3. The summed E-state index contributed by atoms with van der Waals surface area (Å²) in [5.41, 5.74) is 4.46. The van der Waals surface area contributed by atoms with E-state index in [1.165, 1.54) is 18.3 Å². The maximum atomic E-state index is 13.3. The molecular formula is C22H23FN6O2. The van der Waals surface area contributed by atoms with Crippen molar-refractivity contribution in [3.63, 3.8) is 0 Å².